The van der Waals surface area contributed by atoms with Crippen LogP contribution in [0, 0.1) is 16.0 Å². The van der Waals surface area contributed by atoms with E-state index in [9.17, 15) is 33.2 Å². The summed E-state index contributed by atoms with van der Waals surface area (Å²) in [7, 11) is 0. The molecule has 24 heavy (non-hydrogen) atoms. The summed E-state index contributed by atoms with van der Waals surface area (Å²) in [5, 5.41) is 24.3. The molecule has 0 bridgehead atoms. The van der Waals surface area contributed by atoms with E-state index in [1.54, 1.807) is 13.8 Å². The lowest BCUT2D eigenvalue weighted by Crippen LogP contribution is -2.56. The Balaban J connectivity index is 2.42. The van der Waals surface area contributed by atoms with Crippen molar-refractivity contribution in [1.29, 1.82) is 0 Å². The molecule has 1 amide bonds. The smallest absolute Gasteiger partial charge is 0.362 e. The Morgan fingerprint density at radius 3 is 2.33 bits per heavy atom. The van der Waals surface area contributed by atoms with Gasteiger partial charge in [0.1, 0.15) is 0 Å². The zero-order valence-corrected chi connectivity index (χ0v) is 12.7. The number of nitro benzene ring substituents is 1. The lowest BCUT2D eigenvalue weighted by Gasteiger charge is -2.32. The summed E-state index contributed by atoms with van der Waals surface area (Å²) in [5.41, 5.74) is -3.97. The van der Waals surface area contributed by atoms with Crippen LogP contribution in [0.3, 0.4) is 0 Å². The van der Waals surface area contributed by atoms with Crippen molar-refractivity contribution in [2.45, 2.75) is 32.2 Å². The summed E-state index contributed by atoms with van der Waals surface area (Å²) in [4.78, 5) is 22.2. The Morgan fingerprint density at radius 1 is 1.38 bits per heavy atom. The van der Waals surface area contributed by atoms with Crippen LogP contribution in [-0.4, -0.2) is 38.6 Å². The largest absolute Gasteiger partial charge is 0.438 e. The first-order valence-corrected chi connectivity index (χ1v) is 6.93. The van der Waals surface area contributed by atoms with Crippen LogP contribution in [0.1, 0.15) is 30.6 Å². The molecular weight excluding hydrogens is 331 g/mol. The zero-order chi connectivity index (χ0) is 18.3. The van der Waals surface area contributed by atoms with E-state index >= 15 is 0 Å². The highest BCUT2D eigenvalue weighted by molar-refractivity contribution is 5.98. The second-order valence-electron chi connectivity index (χ2n) is 5.66. The normalized spacial score (nSPS) is 21.1. The molecule has 130 valence electrons. The number of nitrogens with zero attached hydrogens (tertiary/aromatic N) is 3. The Labute approximate surface area is 134 Å². The highest BCUT2D eigenvalue weighted by Gasteiger charge is 2.63. The lowest BCUT2D eigenvalue weighted by molar-refractivity contribution is -0.384. The number of halogens is 3. The number of non-ortho nitro benzene ring substituents is 1. The van der Waals surface area contributed by atoms with Crippen LogP contribution in [0.2, 0.25) is 0 Å². The van der Waals surface area contributed by atoms with Gasteiger partial charge in [0, 0.05) is 29.8 Å². The fourth-order valence-corrected chi connectivity index (χ4v) is 2.18. The summed E-state index contributed by atoms with van der Waals surface area (Å²) in [6.45, 7) is 3.19. The molecule has 0 unspecified atom stereocenters. The minimum Gasteiger partial charge on any atom is -0.362 e. The third-order valence-electron chi connectivity index (χ3n) is 3.64. The van der Waals surface area contributed by atoms with Gasteiger partial charge in [0.25, 0.3) is 17.3 Å². The van der Waals surface area contributed by atoms with E-state index in [2.05, 4.69) is 5.10 Å². The molecule has 7 nitrogen and oxygen atoms in total. The molecule has 0 aromatic heterocycles. The summed E-state index contributed by atoms with van der Waals surface area (Å²) < 4.78 is 39.8. The second-order valence-corrected chi connectivity index (χ2v) is 5.66. The number of hydrazone groups is 1. The summed E-state index contributed by atoms with van der Waals surface area (Å²) in [5.74, 6) is -1.59. The van der Waals surface area contributed by atoms with Crippen LogP contribution in [0.15, 0.2) is 29.4 Å². The predicted molar refractivity (Wildman–Crippen MR) is 77.2 cm³/mol. The van der Waals surface area contributed by atoms with Crippen molar-refractivity contribution < 1.29 is 28.0 Å². The molecule has 10 heteroatoms. The lowest BCUT2D eigenvalue weighted by atomic mass is 9.98. The molecule has 0 spiro atoms. The van der Waals surface area contributed by atoms with Crippen molar-refractivity contribution in [1.82, 2.24) is 5.01 Å². The van der Waals surface area contributed by atoms with Gasteiger partial charge in [-0.2, -0.15) is 23.3 Å². The number of nitro groups is 1. The molecule has 0 saturated heterocycles. The maximum Gasteiger partial charge on any atom is 0.438 e. The molecule has 1 aromatic carbocycles. The zero-order valence-electron chi connectivity index (χ0n) is 12.7. The van der Waals surface area contributed by atoms with E-state index in [1.807, 2.05) is 0 Å². The topological polar surface area (TPSA) is 96.0 Å². The number of carbonyl (C=O) groups is 1. The summed E-state index contributed by atoms with van der Waals surface area (Å²) in [6, 6.07) is 4.01. The summed E-state index contributed by atoms with van der Waals surface area (Å²) >= 11 is 0. The predicted octanol–water partition coefficient (Wildman–Crippen LogP) is 2.70. The van der Waals surface area contributed by atoms with E-state index in [4.69, 9.17) is 0 Å². The number of carbonyl (C=O) groups excluding carboxylic acids is 1. The van der Waals surface area contributed by atoms with Crippen LogP contribution in [0.5, 0.6) is 0 Å². The van der Waals surface area contributed by atoms with Crippen molar-refractivity contribution in [2.75, 3.05) is 0 Å². The molecule has 0 aliphatic carbocycles. The average Bonchev–Trinajstić information content (AvgIpc) is 2.86. The van der Waals surface area contributed by atoms with Gasteiger partial charge in [0.15, 0.2) is 0 Å². The first kappa shape index (κ1) is 17.9. The number of amides is 1. The van der Waals surface area contributed by atoms with E-state index in [0.717, 1.165) is 24.3 Å². The van der Waals surface area contributed by atoms with Crippen molar-refractivity contribution in [2.24, 2.45) is 11.0 Å². The van der Waals surface area contributed by atoms with Gasteiger partial charge in [-0.3, -0.25) is 14.9 Å². The molecule has 0 radical (unpaired) electrons. The highest BCUT2D eigenvalue weighted by Crippen LogP contribution is 2.42. The Morgan fingerprint density at radius 2 is 1.92 bits per heavy atom. The maximum atomic E-state index is 13.3. The second kappa shape index (κ2) is 5.86. The standard InChI is InChI=1S/C14H14F3N3O4/c1-8(2)11-7-13(22,14(15,16)17)19(18-11)12(21)9-3-5-10(6-4-9)20(23)24/h3-6,8,22H,7H2,1-2H3/t13-/m1/s1. The SMILES string of the molecule is CC(C)C1=NN(C(=O)c2ccc([N+](=O)[O-])cc2)[C@](O)(C(F)(F)F)C1. The van der Waals surface area contributed by atoms with Gasteiger partial charge in [-0.25, -0.2) is 0 Å². The van der Waals surface area contributed by atoms with Crippen LogP contribution in [0.4, 0.5) is 18.9 Å². The van der Waals surface area contributed by atoms with Gasteiger partial charge in [-0.1, -0.05) is 13.8 Å². The Hall–Kier alpha value is -2.49. The fraction of sp³-hybridized carbons (Fsp3) is 0.429. The van der Waals surface area contributed by atoms with Crippen LogP contribution in [-0.2, 0) is 0 Å². The third kappa shape index (κ3) is 2.96. The van der Waals surface area contributed by atoms with Crippen molar-refractivity contribution in [3.05, 3.63) is 39.9 Å². The first-order valence-electron chi connectivity index (χ1n) is 6.93. The monoisotopic (exact) mass is 345 g/mol. The van der Waals surface area contributed by atoms with Gasteiger partial charge in [-0.05, 0) is 18.1 Å². The molecule has 1 aliphatic rings. The third-order valence-corrected chi connectivity index (χ3v) is 3.64. The molecule has 1 atom stereocenters. The van der Waals surface area contributed by atoms with Crippen molar-refractivity contribution in [3.63, 3.8) is 0 Å². The van der Waals surface area contributed by atoms with E-state index in [1.165, 1.54) is 0 Å². The van der Waals surface area contributed by atoms with Gasteiger partial charge in [-0.15, -0.1) is 0 Å². The van der Waals surface area contributed by atoms with E-state index in [-0.39, 0.29) is 22.0 Å². The molecule has 1 aromatic rings. The minimum atomic E-state index is -5.11. The Bertz CT molecular complexity index is 700. The van der Waals surface area contributed by atoms with Gasteiger partial charge < -0.3 is 5.11 Å². The van der Waals surface area contributed by atoms with E-state index in [0.29, 0.717) is 0 Å². The quantitative estimate of drug-likeness (QED) is 0.673. The maximum absolute atomic E-state index is 13.3. The number of rotatable bonds is 3. The number of hydrogen-bond donors (Lipinski definition) is 1. The van der Waals surface area contributed by atoms with Crippen molar-refractivity contribution in [3.8, 4) is 0 Å². The molecule has 1 aliphatic heterocycles. The van der Waals surface area contributed by atoms with Crippen LogP contribution < -0.4 is 0 Å². The highest BCUT2D eigenvalue weighted by atomic mass is 19.4. The van der Waals surface area contributed by atoms with Gasteiger partial charge >= 0.3 is 6.18 Å². The number of aliphatic hydroxyl groups is 1. The minimum absolute atomic E-state index is 0.00347. The molecule has 0 fully saturated rings. The fourth-order valence-electron chi connectivity index (χ4n) is 2.18. The molecule has 2 rings (SSSR count). The van der Waals surface area contributed by atoms with Crippen LogP contribution >= 0.6 is 0 Å². The average molecular weight is 345 g/mol. The number of benzene rings is 1. The molecule has 1 heterocycles. The molecule has 1 N–H and O–H groups in total. The Kier molecular flexibility index (Phi) is 4.36. The van der Waals surface area contributed by atoms with Gasteiger partial charge in [0.05, 0.1) is 4.92 Å². The molecular formula is C14H14F3N3O4. The van der Waals surface area contributed by atoms with Gasteiger partial charge in [0.2, 0.25) is 0 Å². The molecule has 0 saturated carbocycles. The first-order chi connectivity index (χ1) is 11.0. The summed E-state index contributed by atoms with van der Waals surface area (Å²) in [6.07, 6.45) is -5.95. The van der Waals surface area contributed by atoms with Crippen LogP contribution in [0.25, 0.3) is 0 Å². The van der Waals surface area contributed by atoms with Crippen molar-refractivity contribution >= 4 is 17.3 Å². The van der Waals surface area contributed by atoms with E-state index < -0.39 is 35.1 Å². The number of alkyl halides is 3. The number of hydrogen-bond acceptors (Lipinski definition) is 5.